The molecule has 0 spiro atoms. The molecule has 2 aromatic rings. The minimum atomic E-state index is -0.401. The second-order valence-electron chi connectivity index (χ2n) is 5.45. The number of hydrogen-bond acceptors (Lipinski definition) is 6. The van der Waals surface area contributed by atoms with E-state index in [2.05, 4.69) is 5.32 Å². The van der Waals surface area contributed by atoms with Gasteiger partial charge in [0.2, 0.25) is 0 Å². The molecular formula is C18H22N2O4. The van der Waals surface area contributed by atoms with Gasteiger partial charge in [0.1, 0.15) is 11.5 Å². The fourth-order valence-corrected chi connectivity index (χ4v) is 2.14. The number of rotatable bonds is 6. The molecule has 3 N–H and O–H groups in total. The molecule has 6 nitrogen and oxygen atoms in total. The third-order valence-electron chi connectivity index (χ3n) is 3.31. The summed E-state index contributed by atoms with van der Waals surface area (Å²) in [6.07, 6.45) is -0.183. The van der Waals surface area contributed by atoms with E-state index >= 15 is 0 Å². The van der Waals surface area contributed by atoms with Crippen LogP contribution < -0.4 is 20.5 Å². The number of nitrogen functional groups attached to an aromatic ring is 1. The molecule has 2 aromatic carbocycles. The van der Waals surface area contributed by atoms with E-state index in [1.807, 2.05) is 0 Å². The van der Waals surface area contributed by atoms with Crippen molar-refractivity contribution in [2.75, 3.05) is 25.3 Å². The molecule has 0 bridgehead atoms. The first-order chi connectivity index (χ1) is 11.4. The summed E-state index contributed by atoms with van der Waals surface area (Å²) in [6, 6.07) is 10.4. The van der Waals surface area contributed by atoms with Gasteiger partial charge in [-0.1, -0.05) is 0 Å². The molecule has 0 fully saturated rings. The van der Waals surface area contributed by atoms with Crippen LogP contribution in [-0.2, 0) is 4.74 Å². The van der Waals surface area contributed by atoms with Crippen molar-refractivity contribution in [1.29, 1.82) is 0 Å². The van der Waals surface area contributed by atoms with Crippen molar-refractivity contribution < 1.29 is 19.0 Å². The number of ether oxygens (including phenoxy) is 3. The third-order valence-corrected chi connectivity index (χ3v) is 3.31. The number of methoxy groups -OCH3 is 2. The van der Waals surface area contributed by atoms with Gasteiger partial charge in [-0.05, 0) is 44.2 Å². The number of esters is 1. The van der Waals surface area contributed by atoms with Crippen molar-refractivity contribution in [2.45, 2.75) is 20.0 Å². The zero-order chi connectivity index (χ0) is 17.7. The minimum absolute atomic E-state index is 0.183. The molecule has 0 aliphatic carbocycles. The van der Waals surface area contributed by atoms with Gasteiger partial charge in [-0.3, -0.25) is 0 Å². The Kier molecular flexibility index (Phi) is 5.52. The highest BCUT2D eigenvalue weighted by Gasteiger charge is 2.12. The van der Waals surface area contributed by atoms with Gasteiger partial charge in [-0.25, -0.2) is 4.79 Å². The molecule has 0 aliphatic rings. The van der Waals surface area contributed by atoms with Crippen LogP contribution in [0.4, 0.5) is 17.1 Å². The molecule has 0 aromatic heterocycles. The monoisotopic (exact) mass is 330 g/mol. The van der Waals surface area contributed by atoms with E-state index in [-0.39, 0.29) is 6.10 Å². The largest absolute Gasteiger partial charge is 0.497 e. The van der Waals surface area contributed by atoms with E-state index < -0.39 is 5.97 Å². The van der Waals surface area contributed by atoms with Gasteiger partial charge < -0.3 is 25.3 Å². The molecule has 0 atom stereocenters. The van der Waals surface area contributed by atoms with Gasteiger partial charge in [0.15, 0.2) is 0 Å². The van der Waals surface area contributed by atoms with Gasteiger partial charge in [-0.15, -0.1) is 0 Å². The lowest BCUT2D eigenvalue weighted by Gasteiger charge is -2.15. The molecule has 0 heterocycles. The summed E-state index contributed by atoms with van der Waals surface area (Å²) in [7, 11) is 3.18. The lowest BCUT2D eigenvalue weighted by molar-refractivity contribution is 0.0378. The summed E-state index contributed by atoms with van der Waals surface area (Å²) in [5.74, 6) is 0.940. The first-order valence-electron chi connectivity index (χ1n) is 7.54. The van der Waals surface area contributed by atoms with E-state index in [9.17, 15) is 4.79 Å². The van der Waals surface area contributed by atoms with Crippen LogP contribution in [0, 0.1) is 0 Å². The second kappa shape index (κ2) is 7.59. The standard InChI is InChI=1S/C18H22N2O4/c1-11(2)24-18(21)12-5-7-15(14(19)9-12)20-16-10-13(22-3)6-8-17(16)23-4/h5-11,20H,19H2,1-4H3. The van der Waals surface area contributed by atoms with Crippen LogP contribution in [-0.4, -0.2) is 26.3 Å². The minimum Gasteiger partial charge on any atom is -0.497 e. The van der Waals surface area contributed by atoms with E-state index in [0.29, 0.717) is 34.1 Å². The molecular weight excluding hydrogens is 308 g/mol. The molecule has 0 amide bonds. The maximum absolute atomic E-state index is 11.9. The summed E-state index contributed by atoms with van der Waals surface area (Å²) in [5, 5.41) is 3.19. The molecule has 128 valence electrons. The van der Waals surface area contributed by atoms with Crippen molar-refractivity contribution >= 4 is 23.0 Å². The van der Waals surface area contributed by atoms with Gasteiger partial charge in [0.05, 0.1) is 42.9 Å². The van der Waals surface area contributed by atoms with Crippen molar-refractivity contribution in [3.8, 4) is 11.5 Å². The highest BCUT2D eigenvalue weighted by Crippen LogP contribution is 2.33. The van der Waals surface area contributed by atoms with Gasteiger partial charge in [0.25, 0.3) is 0 Å². The highest BCUT2D eigenvalue weighted by molar-refractivity contribution is 5.92. The zero-order valence-electron chi connectivity index (χ0n) is 14.3. The molecule has 0 saturated carbocycles. The van der Waals surface area contributed by atoms with E-state index in [1.54, 1.807) is 64.5 Å². The van der Waals surface area contributed by atoms with Gasteiger partial charge >= 0.3 is 5.97 Å². The first-order valence-corrected chi connectivity index (χ1v) is 7.54. The molecule has 24 heavy (non-hydrogen) atoms. The molecule has 0 saturated heterocycles. The number of nitrogens with two attached hydrogens (primary N) is 1. The second-order valence-corrected chi connectivity index (χ2v) is 5.45. The van der Waals surface area contributed by atoms with Crippen LogP contribution in [0.25, 0.3) is 0 Å². The van der Waals surface area contributed by atoms with Gasteiger partial charge in [0, 0.05) is 6.07 Å². The number of carbonyl (C=O) groups excluding carboxylic acids is 1. The molecule has 6 heteroatoms. The molecule has 2 rings (SSSR count). The van der Waals surface area contributed by atoms with E-state index in [1.165, 1.54) is 0 Å². The maximum Gasteiger partial charge on any atom is 0.338 e. The summed E-state index contributed by atoms with van der Waals surface area (Å²) < 4.78 is 15.7. The lowest BCUT2D eigenvalue weighted by Crippen LogP contribution is -2.12. The van der Waals surface area contributed by atoms with Crippen LogP contribution in [0.1, 0.15) is 24.2 Å². The molecule has 0 radical (unpaired) electrons. The summed E-state index contributed by atoms with van der Waals surface area (Å²) >= 11 is 0. The molecule has 0 aliphatic heterocycles. The van der Waals surface area contributed by atoms with Crippen LogP contribution in [0.2, 0.25) is 0 Å². The van der Waals surface area contributed by atoms with Gasteiger partial charge in [-0.2, -0.15) is 0 Å². The Morgan fingerprint density at radius 1 is 1.04 bits per heavy atom. The number of nitrogens with one attached hydrogen (secondary N) is 1. The predicted molar refractivity (Wildman–Crippen MR) is 94.2 cm³/mol. The highest BCUT2D eigenvalue weighted by atomic mass is 16.5. The Bertz CT molecular complexity index is 729. The lowest BCUT2D eigenvalue weighted by atomic mass is 10.1. The fraction of sp³-hybridized carbons (Fsp3) is 0.278. The maximum atomic E-state index is 11.9. The fourth-order valence-electron chi connectivity index (χ4n) is 2.14. The quantitative estimate of drug-likeness (QED) is 0.622. The van der Waals surface area contributed by atoms with Crippen molar-refractivity contribution in [3.63, 3.8) is 0 Å². The van der Waals surface area contributed by atoms with E-state index in [4.69, 9.17) is 19.9 Å². The Hall–Kier alpha value is -2.89. The van der Waals surface area contributed by atoms with Crippen molar-refractivity contribution in [2.24, 2.45) is 0 Å². The van der Waals surface area contributed by atoms with Crippen molar-refractivity contribution in [1.82, 2.24) is 0 Å². The Morgan fingerprint density at radius 2 is 1.79 bits per heavy atom. The van der Waals surface area contributed by atoms with Crippen LogP contribution >= 0.6 is 0 Å². The first kappa shape index (κ1) is 17.5. The number of benzene rings is 2. The Labute approximate surface area is 141 Å². The average Bonchev–Trinajstić information content (AvgIpc) is 2.55. The summed E-state index contributed by atoms with van der Waals surface area (Å²) in [5.41, 5.74) is 8.26. The number of carbonyl (C=O) groups is 1. The average molecular weight is 330 g/mol. The Balaban J connectivity index is 2.26. The van der Waals surface area contributed by atoms with Crippen LogP contribution in [0.3, 0.4) is 0 Å². The zero-order valence-corrected chi connectivity index (χ0v) is 14.3. The predicted octanol–water partition coefficient (Wildman–Crippen LogP) is 3.59. The third kappa shape index (κ3) is 4.10. The topological polar surface area (TPSA) is 82.8 Å². The molecule has 0 unspecified atom stereocenters. The number of hydrogen-bond donors (Lipinski definition) is 2. The van der Waals surface area contributed by atoms with Crippen LogP contribution in [0.5, 0.6) is 11.5 Å². The smallest absolute Gasteiger partial charge is 0.338 e. The van der Waals surface area contributed by atoms with E-state index in [0.717, 1.165) is 0 Å². The summed E-state index contributed by atoms with van der Waals surface area (Å²) in [4.78, 5) is 11.9. The SMILES string of the molecule is COc1ccc(OC)c(Nc2ccc(C(=O)OC(C)C)cc2N)c1. The number of anilines is 3. The Morgan fingerprint density at radius 3 is 2.38 bits per heavy atom. The van der Waals surface area contributed by atoms with Crippen molar-refractivity contribution in [3.05, 3.63) is 42.0 Å². The normalized spacial score (nSPS) is 10.4. The summed E-state index contributed by atoms with van der Waals surface area (Å²) in [6.45, 7) is 3.60. The van der Waals surface area contributed by atoms with Crippen LogP contribution in [0.15, 0.2) is 36.4 Å².